The molecule has 2 saturated carbocycles. The van der Waals surface area contributed by atoms with Gasteiger partial charge in [-0.1, -0.05) is 31.2 Å². The molecule has 3 atom stereocenters. The molecule has 0 bridgehead atoms. The van der Waals surface area contributed by atoms with Crippen molar-refractivity contribution >= 4 is 5.78 Å². The molecule has 0 aromatic rings. The maximum atomic E-state index is 12.1. The van der Waals surface area contributed by atoms with E-state index in [4.69, 9.17) is 0 Å². The highest BCUT2D eigenvalue weighted by molar-refractivity contribution is 5.85. The van der Waals surface area contributed by atoms with Crippen molar-refractivity contribution in [3.63, 3.8) is 0 Å². The Morgan fingerprint density at radius 1 is 1.50 bits per heavy atom. The Morgan fingerprint density at radius 3 is 2.81 bits per heavy atom. The van der Waals surface area contributed by atoms with Gasteiger partial charge in [-0.05, 0) is 43.9 Å². The summed E-state index contributed by atoms with van der Waals surface area (Å²) in [4.78, 5) is 12.1. The number of carbonyl (C=O) groups excluding carboxylic acids is 1. The fourth-order valence-electron chi connectivity index (χ4n) is 3.59. The molecular formula is C15H22O. The van der Waals surface area contributed by atoms with Crippen LogP contribution in [0.3, 0.4) is 0 Å². The lowest BCUT2D eigenvalue weighted by Crippen LogP contribution is -2.42. The largest absolute Gasteiger partial charge is 0.299 e. The van der Waals surface area contributed by atoms with Crippen molar-refractivity contribution in [2.75, 3.05) is 0 Å². The van der Waals surface area contributed by atoms with Crippen molar-refractivity contribution in [2.45, 2.75) is 46.0 Å². The van der Waals surface area contributed by atoms with E-state index < -0.39 is 0 Å². The molecule has 0 N–H and O–H groups in total. The van der Waals surface area contributed by atoms with Gasteiger partial charge in [0.15, 0.2) is 0 Å². The van der Waals surface area contributed by atoms with Crippen LogP contribution in [-0.2, 0) is 4.79 Å². The molecule has 88 valence electrons. The van der Waals surface area contributed by atoms with Crippen LogP contribution in [0.4, 0.5) is 0 Å². The molecule has 0 spiro atoms. The van der Waals surface area contributed by atoms with Gasteiger partial charge >= 0.3 is 0 Å². The van der Waals surface area contributed by atoms with Crippen molar-refractivity contribution in [1.29, 1.82) is 0 Å². The fraction of sp³-hybridized carbons (Fsp3) is 0.667. The van der Waals surface area contributed by atoms with Crippen molar-refractivity contribution in [3.05, 3.63) is 24.3 Å². The number of ketones is 1. The summed E-state index contributed by atoms with van der Waals surface area (Å²) < 4.78 is 0. The minimum Gasteiger partial charge on any atom is -0.299 e. The highest BCUT2D eigenvalue weighted by Gasteiger charge is 2.46. The average molecular weight is 218 g/mol. The molecule has 2 fully saturated rings. The Kier molecular flexibility index (Phi) is 2.81. The van der Waals surface area contributed by atoms with Crippen LogP contribution in [0.25, 0.3) is 0 Å². The van der Waals surface area contributed by atoms with Gasteiger partial charge in [-0.3, -0.25) is 4.79 Å². The van der Waals surface area contributed by atoms with Crippen LogP contribution in [0, 0.1) is 17.3 Å². The van der Waals surface area contributed by atoms with E-state index in [1.165, 1.54) is 18.4 Å². The van der Waals surface area contributed by atoms with E-state index in [0.717, 1.165) is 24.8 Å². The van der Waals surface area contributed by atoms with Gasteiger partial charge in [0.05, 0.1) is 0 Å². The summed E-state index contributed by atoms with van der Waals surface area (Å²) in [5.74, 6) is 1.04. The number of carbonyl (C=O) groups is 1. The van der Waals surface area contributed by atoms with Crippen LogP contribution in [0.1, 0.15) is 46.0 Å². The number of rotatable bonds is 1. The smallest absolute Gasteiger partial charge is 0.140 e. The highest BCUT2D eigenvalue weighted by atomic mass is 16.1. The first-order chi connectivity index (χ1) is 7.44. The molecule has 2 aliphatic rings. The van der Waals surface area contributed by atoms with Gasteiger partial charge in [0.2, 0.25) is 0 Å². The Balaban J connectivity index is 2.26. The number of fused-ring (bicyclic) bond motifs is 1. The van der Waals surface area contributed by atoms with Crippen LogP contribution in [0.5, 0.6) is 0 Å². The molecule has 1 nitrogen and oxygen atoms in total. The highest BCUT2D eigenvalue weighted by Crippen LogP contribution is 2.53. The maximum absolute atomic E-state index is 12.1. The van der Waals surface area contributed by atoms with Gasteiger partial charge in [0.25, 0.3) is 0 Å². The Hall–Kier alpha value is -0.850. The third-order valence-electron chi connectivity index (χ3n) is 4.61. The van der Waals surface area contributed by atoms with Gasteiger partial charge in [-0.15, -0.1) is 0 Å². The number of hydrogen-bond donors (Lipinski definition) is 0. The molecule has 1 heteroatoms. The SMILES string of the molecule is C=C(C)C1CC2C(=C)CCCC2(C)CC1=O. The Bertz CT molecular complexity index is 352. The summed E-state index contributed by atoms with van der Waals surface area (Å²) in [7, 11) is 0. The first kappa shape index (κ1) is 11.6. The zero-order chi connectivity index (χ0) is 11.9. The minimum absolute atomic E-state index is 0.0907. The lowest BCUT2D eigenvalue weighted by Gasteiger charge is -2.48. The molecule has 0 amide bonds. The summed E-state index contributed by atoms with van der Waals surface area (Å²) in [5, 5.41) is 0. The van der Waals surface area contributed by atoms with Crippen molar-refractivity contribution in [3.8, 4) is 0 Å². The summed E-state index contributed by atoms with van der Waals surface area (Å²) in [6.45, 7) is 12.4. The third kappa shape index (κ3) is 1.77. The lowest BCUT2D eigenvalue weighted by atomic mass is 9.56. The van der Waals surface area contributed by atoms with Gasteiger partial charge in [-0.2, -0.15) is 0 Å². The molecule has 0 aromatic heterocycles. The van der Waals surface area contributed by atoms with E-state index in [1.807, 2.05) is 6.92 Å². The normalized spacial score (nSPS) is 39.4. The predicted octanol–water partition coefficient (Wildman–Crippen LogP) is 3.90. The lowest BCUT2D eigenvalue weighted by molar-refractivity contribution is -0.129. The average Bonchev–Trinajstić information content (AvgIpc) is 2.15. The van der Waals surface area contributed by atoms with E-state index in [-0.39, 0.29) is 11.3 Å². The molecule has 3 unspecified atom stereocenters. The van der Waals surface area contributed by atoms with E-state index in [2.05, 4.69) is 20.1 Å². The first-order valence-electron chi connectivity index (χ1n) is 6.30. The molecule has 0 saturated heterocycles. The van der Waals surface area contributed by atoms with Crippen molar-refractivity contribution in [2.24, 2.45) is 17.3 Å². The monoisotopic (exact) mass is 218 g/mol. The van der Waals surface area contributed by atoms with E-state index in [1.54, 1.807) is 0 Å². The minimum atomic E-state index is 0.0907. The number of hydrogen-bond acceptors (Lipinski definition) is 1. The van der Waals surface area contributed by atoms with E-state index >= 15 is 0 Å². The summed E-state index contributed by atoms with van der Waals surface area (Å²) >= 11 is 0. The van der Waals surface area contributed by atoms with Crippen LogP contribution >= 0.6 is 0 Å². The molecule has 2 aliphatic carbocycles. The third-order valence-corrected chi connectivity index (χ3v) is 4.61. The van der Waals surface area contributed by atoms with Crippen LogP contribution in [0.15, 0.2) is 24.3 Å². The van der Waals surface area contributed by atoms with Crippen LogP contribution in [-0.4, -0.2) is 5.78 Å². The first-order valence-corrected chi connectivity index (χ1v) is 6.30. The molecule has 16 heavy (non-hydrogen) atoms. The second kappa shape index (κ2) is 3.87. The molecule has 2 rings (SSSR count). The predicted molar refractivity (Wildman–Crippen MR) is 67.1 cm³/mol. The van der Waals surface area contributed by atoms with E-state index in [0.29, 0.717) is 11.7 Å². The molecule has 0 radical (unpaired) electrons. The zero-order valence-corrected chi connectivity index (χ0v) is 10.5. The van der Waals surface area contributed by atoms with Crippen molar-refractivity contribution < 1.29 is 4.79 Å². The van der Waals surface area contributed by atoms with Gasteiger partial charge in [0.1, 0.15) is 5.78 Å². The van der Waals surface area contributed by atoms with Gasteiger partial charge in [-0.25, -0.2) is 0 Å². The Labute approximate surface area is 98.6 Å². The zero-order valence-electron chi connectivity index (χ0n) is 10.5. The maximum Gasteiger partial charge on any atom is 0.140 e. The molecular weight excluding hydrogens is 196 g/mol. The molecule has 0 heterocycles. The topological polar surface area (TPSA) is 17.1 Å². The van der Waals surface area contributed by atoms with E-state index in [9.17, 15) is 4.79 Å². The number of Topliss-reactive ketones (excluding diaryl/α,β-unsaturated/α-hetero) is 1. The second-order valence-electron chi connectivity index (χ2n) is 6.00. The fourth-order valence-corrected chi connectivity index (χ4v) is 3.59. The van der Waals surface area contributed by atoms with Crippen molar-refractivity contribution in [1.82, 2.24) is 0 Å². The van der Waals surface area contributed by atoms with Gasteiger partial charge in [0, 0.05) is 12.3 Å². The van der Waals surface area contributed by atoms with Crippen LogP contribution < -0.4 is 0 Å². The number of allylic oxidation sites excluding steroid dienone is 2. The standard InChI is InChI=1S/C15H22O/c1-10(2)12-8-13-11(3)6-5-7-15(13,4)9-14(12)16/h12-13H,1,3,5-9H2,2,4H3. The molecule has 0 aromatic carbocycles. The van der Waals surface area contributed by atoms with Crippen LogP contribution in [0.2, 0.25) is 0 Å². The summed E-state index contributed by atoms with van der Waals surface area (Å²) in [6.07, 6.45) is 5.23. The van der Waals surface area contributed by atoms with Gasteiger partial charge < -0.3 is 0 Å². The Morgan fingerprint density at radius 2 is 2.19 bits per heavy atom. The summed E-state index contributed by atoms with van der Waals surface area (Å²) in [6, 6.07) is 0. The second-order valence-corrected chi connectivity index (χ2v) is 6.00. The summed E-state index contributed by atoms with van der Waals surface area (Å²) in [5.41, 5.74) is 2.59. The quantitative estimate of drug-likeness (QED) is 0.610. The molecule has 0 aliphatic heterocycles.